The predicted molar refractivity (Wildman–Crippen MR) is 75.7 cm³/mol. The monoisotopic (exact) mass is 236 g/mol. The third kappa shape index (κ3) is 2.95. The van der Waals surface area contributed by atoms with E-state index >= 15 is 0 Å². The van der Waals surface area contributed by atoms with Gasteiger partial charge in [-0.3, -0.25) is 4.79 Å². The van der Waals surface area contributed by atoms with Crippen LogP contribution in [0.2, 0.25) is 0 Å². The molecule has 1 nitrogen and oxygen atoms in total. The first-order chi connectivity index (χ1) is 8.66. The lowest BCUT2D eigenvalue weighted by molar-refractivity contribution is 0.104. The molecule has 0 amide bonds. The first kappa shape index (κ1) is 12.3. The van der Waals surface area contributed by atoms with Crippen LogP contribution in [-0.4, -0.2) is 5.78 Å². The highest BCUT2D eigenvalue weighted by molar-refractivity contribution is 6.06. The summed E-state index contributed by atoms with van der Waals surface area (Å²) in [4.78, 5) is 11.9. The Morgan fingerprint density at radius 1 is 0.944 bits per heavy atom. The van der Waals surface area contributed by atoms with Crippen LogP contribution in [0.4, 0.5) is 0 Å². The minimum atomic E-state index is 0.0360. The lowest BCUT2D eigenvalue weighted by Gasteiger charge is -2.00. The van der Waals surface area contributed by atoms with Crippen LogP contribution in [0.25, 0.3) is 6.08 Å². The number of aryl methyl sites for hydroxylation is 2. The van der Waals surface area contributed by atoms with E-state index in [1.807, 2.05) is 42.5 Å². The molecule has 0 heterocycles. The van der Waals surface area contributed by atoms with Crippen molar-refractivity contribution in [3.05, 3.63) is 76.9 Å². The van der Waals surface area contributed by atoms with Gasteiger partial charge in [0, 0.05) is 5.56 Å². The van der Waals surface area contributed by atoms with Crippen molar-refractivity contribution in [1.82, 2.24) is 0 Å². The number of benzene rings is 2. The van der Waals surface area contributed by atoms with Crippen molar-refractivity contribution >= 4 is 11.9 Å². The average Bonchev–Trinajstić information content (AvgIpc) is 2.41. The maximum absolute atomic E-state index is 11.9. The molecule has 2 rings (SSSR count). The number of carbonyl (C=O) groups is 1. The van der Waals surface area contributed by atoms with E-state index in [9.17, 15) is 4.79 Å². The average molecular weight is 236 g/mol. The first-order valence-electron chi connectivity index (χ1n) is 6.01. The summed E-state index contributed by atoms with van der Waals surface area (Å²) < 4.78 is 0. The van der Waals surface area contributed by atoms with Crippen LogP contribution in [0.1, 0.15) is 27.0 Å². The summed E-state index contributed by atoms with van der Waals surface area (Å²) in [6.45, 7) is 4.16. The number of hydrogen-bond acceptors (Lipinski definition) is 1. The number of carbonyl (C=O) groups excluding carboxylic acids is 1. The molecule has 2 aromatic rings. The minimum Gasteiger partial charge on any atom is -0.289 e. The lowest BCUT2D eigenvalue weighted by atomic mass is 10.0. The van der Waals surface area contributed by atoms with Gasteiger partial charge in [0.05, 0.1) is 0 Å². The zero-order valence-corrected chi connectivity index (χ0v) is 10.7. The second-order valence-electron chi connectivity index (χ2n) is 4.41. The summed E-state index contributed by atoms with van der Waals surface area (Å²) in [5, 5.41) is 0. The molecule has 0 atom stereocenters. The third-order valence-corrected chi connectivity index (χ3v) is 3.02. The molecular formula is C17H16O. The second-order valence-corrected chi connectivity index (χ2v) is 4.41. The molecule has 0 aromatic heterocycles. The largest absolute Gasteiger partial charge is 0.289 e. The Morgan fingerprint density at radius 2 is 1.67 bits per heavy atom. The summed E-state index contributed by atoms with van der Waals surface area (Å²) >= 11 is 0. The van der Waals surface area contributed by atoms with Gasteiger partial charge in [0.2, 0.25) is 0 Å². The number of ketones is 1. The van der Waals surface area contributed by atoms with E-state index in [0.717, 1.165) is 11.1 Å². The Balaban J connectivity index is 2.16. The summed E-state index contributed by atoms with van der Waals surface area (Å²) in [6.07, 6.45) is 3.49. The highest BCUT2D eigenvalue weighted by Gasteiger charge is 1.99. The van der Waals surface area contributed by atoms with E-state index in [4.69, 9.17) is 0 Å². The molecule has 0 unspecified atom stereocenters. The van der Waals surface area contributed by atoms with Gasteiger partial charge in [-0.15, -0.1) is 0 Å². The molecule has 90 valence electrons. The van der Waals surface area contributed by atoms with Crippen LogP contribution in [0, 0.1) is 13.8 Å². The van der Waals surface area contributed by atoms with Crippen molar-refractivity contribution in [2.45, 2.75) is 13.8 Å². The Bertz CT molecular complexity index is 580. The molecule has 0 fully saturated rings. The van der Waals surface area contributed by atoms with Crippen LogP contribution >= 0.6 is 0 Å². The Hall–Kier alpha value is -2.15. The lowest BCUT2D eigenvalue weighted by Crippen LogP contribution is -1.92. The topological polar surface area (TPSA) is 17.1 Å². The molecule has 2 aromatic carbocycles. The second kappa shape index (κ2) is 5.46. The number of hydrogen-bond donors (Lipinski definition) is 0. The van der Waals surface area contributed by atoms with Crippen LogP contribution in [0.3, 0.4) is 0 Å². The highest BCUT2D eigenvalue weighted by atomic mass is 16.1. The third-order valence-electron chi connectivity index (χ3n) is 3.02. The molecule has 0 saturated heterocycles. The van der Waals surface area contributed by atoms with Crippen molar-refractivity contribution in [1.29, 1.82) is 0 Å². The fourth-order valence-corrected chi connectivity index (χ4v) is 1.74. The van der Waals surface area contributed by atoms with Crippen LogP contribution in [-0.2, 0) is 0 Å². The van der Waals surface area contributed by atoms with Gasteiger partial charge in [-0.05, 0) is 36.6 Å². The standard InChI is InChI=1S/C17H16O/c1-13-8-9-15(12-14(13)2)10-11-17(18)16-6-4-3-5-7-16/h3-12H,1-2H3. The van der Waals surface area contributed by atoms with Crippen LogP contribution in [0.15, 0.2) is 54.6 Å². The van der Waals surface area contributed by atoms with Gasteiger partial charge in [-0.2, -0.15) is 0 Å². The van der Waals surface area contributed by atoms with Crippen molar-refractivity contribution in [3.63, 3.8) is 0 Å². The smallest absolute Gasteiger partial charge is 0.185 e. The van der Waals surface area contributed by atoms with Gasteiger partial charge in [-0.25, -0.2) is 0 Å². The summed E-state index contributed by atoms with van der Waals surface area (Å²) in [5.74, 6) is 0.0360. The van der Waals surface area contributed by atoms with Gasteiger partial charge >= 0.3 is 0 Å². The van der Waals surface area contributed by atoms with Gasteiger partial charge < -0.3 is 0 Å². The molecule has 0 radical (unpaired) electrons. The molecule has 0 spiro atoms. The van der Waals surface area contributed by atoms with E-state index in [2.05, 4.69) is 26.0 Å². The van der Waals surface area contributed by atoms with E-state index in [1.165, 1.54) is 11.1 Å². The molecule has 0 aliphatic carbocycles. The Kier molecular flexibility index (Phi) is 3.73. The number of allylic oxidation sites excluding steroid dienone is 1. The molecular weight excluding hydrogens is 220 g/mol. The molecule has 0 saturated carbocycles. The van der Waals surface area contributed by atoms with Crippen molar-refractivity contribution in [2.75, 3.05) is 0 Å². The van der Waals surface area contributed by atoms with Gasteiger partial charge in [0.1, 0.15) is 0 Å². The molecule has 0 N–H and O–H groups in total. The molecule has 1 heteroatoms. The zero-order valence-electron chi connectivity index (χ0n) is 10.7. The predicted octanol–water partition coefficient (Wildman–Crippen LogP) is 4.20. The summed E-state index contributed by atoms with van der Waals surface area (Å²) in [7, 11) is 0. The van der Waals surface area contributed by atoms with E-state index in [-0.39, 0.29) is 5.78 Å². The zero-order chi connectivity index (χ0) is 13.0. The normalized spacial score (nSPS) is 10.8. The summed E-state index contributed by atoms with van der Waals surface area (Å²) in [5.41, 5.74) is 4.28. The van der Waals surface area contributed by atoms with Crippen LogP contribution in [0.5, 0.6) is 0 Å². The maximum atomic E-state index is 11.9. The van der Waals surface area contributed by atoms with E-state index < -0.39 is 0 Å². The Labute approximate surface area is 108 Å². The molecule has 18 heavy (non-hydrogen) atoms. The van der Waals surface area contributed by atoms with Crippen LogP contribution < -0.4 is 0 Å². The quantitative estimate of drug-likeness (QED) is 0.576. The fourth-order valence-electron chi connectivity index (χ4n) is 1.74. The Morgan fingerprint density at radius 3 is 2.33 bits per heavy atom. The highest BCUT2D eigenvalue weighted by Crippen LogP contribution is 2.11. The molecule has 0 aliphatic heterocycles. The van der Waals surface area contributed by atoms with Gasteiger partial charge in [0.15, 0.2) is 5.78 Å². The van der Waals surface area contributed by atoms with E-state index in [1.54, 1.807) is 6.08 Å². The number of rotatable bonds is 3. The first-order valence-corrected chi connectivity index (χ1v) is 6.01. The van der Waals surface area contributed by atoms with Gasteiger partial charge in [-0.1, -0.05) is 54.6 Å². The minimum absolute atomic E-state index is 0.0360. The molecule has 0 bridgehead atoms. The molecule has 0 aliphatic rings. The van der Waals surface area contributed by atoms with Crippen molar-refractivity contribution in [2.24, 2.45) is 0 Å². The van der Waals surface area contributed by atoms with Gasteiger partial charge in [0.25, 0.3) is 0 Å². The maximum Gasteiger partial charge on any atom is 0.185 e. The summed E-state index contributed by atoms with van der Waals surface area (Å²) in [6, 6.07) is 15.5. The van der Waals surface area contributed by atoms with Crippen molar-refractivity contribution in [3.8, 4) is 0 Å². The van der Waals surface area contributed by atoms with Crippen molar-refractivity contribution < 1.29 is 4.79 Å². The SMILES string of the molecule is Cc1ccc(C=CC(=O)c2ccccc2)cc1C. The van der Waals surface area contributed by atoms with E-state index in [0.29, 0.717) is 0 Å². The fraction of sp³-hybridized carbons (Fsp3) is 0.118.